The molecule has 144 valence electrons. The first-order chi connectivity index (χ1) is 13.6. The highest BCUT2D eigenvalue weighted by molar-refractivity contribution is 5.90. The Morgan fingerprint density at radius 1 is 1.36 bits per heavy atom. The molecule has 0 radical (unpaired) electrons. The second-order valence-corrected chi connectivity index (χ2v) is 6.39. The molecule has 1 atom stereocenters. The molecule has 1 saturated heterocycles. The van der Waals surface area contributed by atoms with Gasteiger partial charge in [-0.1, -0.05) is 11.1 Å². The van der Waals surface area contributed by atoms with E-state index >= 15 is 0 Å². The van der Waals surface area contributed by atoms with Gasteiger partial charge >= 0.3 is 6.09 Å². The minimum absolute atomic E-state index is 0.309. The van der Waals surface area contributed by atoms with Gasteiger partial charge in [0.1, 0.15) is 18.3 Å². The zero-order valence-corrected chi connectivity index (χ0v) is 15.0. The molecule has 2 aromatic rings. The third-order valence-corrected chi connectivity index (χ3v) is 4.52. The Morgan fingerprint density at radius 2 is 2.25 bits per heavy atom. The van der Waals surface area contributed by atoms with E-state index in [9.17, 15) is 9.18 Å². The number of aromatic nitrogens is 3. The number of terminal acetylenes is 1. The molecule has 1 aromatic carbocycles. The number of carbonyl (C=O) groups is 1. The molecule has 1 amide bonds. The van der Waals surface area contributed by atoms with Crippen LogP contribution in [0.15, 0.2) is 35.7 Å². The summed E-state index contributed by atoms with van der Waals surface area (Å²) in [5, 5.41) is 13.5. The first-order valence-electron chi connectivity index (χ1n) is 8.75. The Morgan fingerprint density at radius 3 is 2.93 bits per heavy atom. The van der Waals surface area contributed by atoms with Crippen LogP contribution in [0.1, 0.15) is 0 Å². The minimum Gasteiger partial charge on any atom is -0.442 e. The summed E-state index contributed by atoms with van der Waals surface area (Å²) in [4.78, 5) is 15.3. The molecule has 0 bridgehead atoms. The van der Waals surface area contributed by atoms with Crippen LogP contribution in [0.25, 0.3) is 0 Å². The van der Waals surface area contributed by atoms with Crippen molar-refractivity contribution >= 4 is 23.8 Å². The number of benzene rings is 1. The second kappa shape index (κ2) is 7.56. The van der Waals surface area contributed by atoms with Crippen LogP contribution in [0.4, 0.5) is 20.6 Å². The zero-order valence-electron chi connectivity index (χ0n) is 15.0. The van der Waals surface area contributed by atoms with Gasteiger partial charge in [-0.05, 0) is 18.2 Å². The van der Waals surface area contributed by atoms with E-state index in [4.69, 9.17) is 11.2 Å². The fourth-order valence-electron chi connectivity index (χ4n) is 3.14. The van der Waals surface area contributed by atoms with Crippen LogP contribution in [0.2, 0.25) is 0 Å². The first-order valence-corrected chi connectivity index (χ1v) is 8.75. The van der Waals surface area contributed by atoms with E-state index in [2.05, 4.69) is 21.3 Å². The van der Waals surface area contributed by atoms with Gasteiger partial charge in [-0.15, -0.1) is 11.5 Å². The summed E-state index contributed by atoms with van der Waals surface area (Å²) in [7, 11) is 0. The molecule has 1 unspecified atom stereocenters. The van der Waals surface area contributed by atoms with Gasteiger partial charge in [0.05, 0.1) is 43.8 Å². The normalized spacial score (nSPS) is 19.1. The molecular formula is C18H18FN7O2. The van der Waals surface area contributed by atoms with Crippen LogP contribution in [0.5, 0.6) is 0 Å². The Bertz CT molecular complexity index is 925. The lowest BCUT2D eigenvalue weighted by atomic mass is 10.2. The lowest BCUT2D eigenvalue weighted by Gasteiger charge is -2.29. The fraction of sp³-hybridized carbons (Fsp3) is 0.333. The van der Waals surface area contributed by atoms with Crippen molar-refractivity contribution in [1.82, 2.24) is 20.0 Å². The highest BCUT2D eigenvalue weighted by Crippen LogP contribution is 2.28. The van der Waals surface area contributed by atoms with Gasteiger partial charge in [0.25, 0.3) is 0 Å². The Balaban J connectivity index is 1.45. The maximum absolute atomic E-state index is 14.7. The van der Waals surface area contributed by atoms with E-state index in [1.807, 2.05) is 0 Å². The molecule has 0 aliphatic carbocycles. The van der Waals surface area contributed by atoms with Crippen LogP contribution >= 0.6 is 0 Å². The van der Waals surface area contributed by atoms with E-state index in [0.717, 1.165) is 0 Å². The molecule has 28 heavy (non-hydrogen) atoms. The van der Waals surface area contributed by atoms with Gasteiger partial charge < -0.3 is 9.64 Å². The third-order valence-electron chi connectivity index (χ3n) is 4.52. The number of halogens is 1. The number of anilines is 2. The first kappa shape index (κ1) is 17.8. The predicted octanol–water partition coefficient (Wildman–Crippen LogP) is 1.14. The van der Waals surface area contributed by atoms with Crippen LogP contribution in [-0.2, 0) is 11.3 Å². The molecule has 1 fully saturated rings. The number of nitrogens with zero attached hydrogens (tertiary/aromatic N) is 7. The maximum Gasteiger partial charge on any atom is 0.414 e. The molecule has 1 aromatic heterocycles. The van der Waals surface area contributed by atoms with Crippen molar-refractivity contribution in [3.05, 3.63) is 36.4 Å². The molecule has 2 aliphatic heterocycles. The largest absolute Gasteiger partial charge is 0.442 e. The number of cyclic esters (lactones) is 1. The highest BCUT2D eigenvalue weighted by Gasteiger charge is 2.33. The van der Waals surface area contributed by atoms with Crippen molar-refractivity contribution in [3.63, 3.8) is 0 Å². The molecule has 0 saturated carbocycles. The molecule has 0 N–H and O–H groups in total. The van der Waals surface area contributed by atoms with Crippen LogP contribution < -0.4 is 9.80 Å². The number of hydrogen-bond donors (Lipinski definition) is 0. The number of hydrogen-bond acceptors (Lipinski definition) is 7. The quantitative estimate of drug-likeness (QED) is 0.721. The number of carbonyl (C=O) groups excluding carboxylic acids is 1. The van der Waals surface area contributed by atoms with Crippen LogP contribution in [0, 0.1) is 18.2 Å². The molecule has 2 aliphatic rings. The predicted molar refractivity (Wildman–Crippen MR) is 100 cm³/mol. The van der Waals surface area contributed by atoms with Crippen molar-refractivity contribution in [1.29, 1.82) is 0 Å². The van der Waals surface area contributed by atoms with Crippen molar-refractivity contribution in [2.24, 2.45) is 5.10 Å². The molecule has 0 spiro atoms. The Kier molecular flexibility index (Phi) is 4.80. The average molecular weight is 383 g/mol. The van der Waals surface area contributed by atoms with Gasteiger partial charge in [0.2, 0.25) is 0 Å². The zero-order chi connectivity index (χ0) is 19.5. The average Bonchev–Trinajstić information content (AvgIpc) is 3.32. The van der Waals surface area contributed by atoms with E-state index in [1.54, 1.807) is 45.5 Å². The Labute approximate surface area is 161 Å². The highest BCUT2D eigenvalue weighted by atomic mass is 19.1. The molecule has 10 heteroatoms. The number of ether oxygens (including phenoxy) is 1. The number of hydrazone groups is 1. The number of amides is 1. The third kappa shape index (κ3) is 3.59. The summed E-state index contributed by atoms with van der Waals surface area (Å²) in [6.45, 7) is 2.28. The standard InChI is InChI=1S/C18H18FN7O2/c1-2-6-24-9-8-23(13-21-24)17-4-3-14(10-16(17)19)26-12-15(28-18(26)27)11-25-7-5-20-22-25/h1,3-5,7,10,13,15H,6,8-9,11-12H2. The molecule has 3 heterocycles. The van der Waals surface area contributed by atoms with Crippen molar-refractivity contribution in [3.8, 4) is 12.3 Å². The van der Waals surface area contributed by atoms with Crippen molar-refractivity contribution < 1.29 is 13.9 Å². The van der Waals surface area contributed by atoms with Gasteiger partial charge in [-0.25, -0.2) is 13.9 Å². The summed E-state index contributed by atoms with van der Waals surface area (Å²) in [5.41, 5.74) is 0.829. The van der Waals surface area contributed by atoms with Gasteiger partial charge in [-0.3, -0.25) is 9.91 Å². The number of rotatable bonds is 5. The summed E-state index contributed by atoms with van der Waals surface area (Å²) >= 11 is 0. The maximum atomic E-state index is 14.7. The SMILES string of the molecule is C#CCN1CCN(c2ccc(N3CC(Cn4ccnn4)OC3=O)cc2F)C=N1. The molecule has 4 rings (SSSR count). The summed E-state index contributed by atoms with van der Waals surface area (Å²) in [6.07, 6.45) is 9.18. The van der Waals surface area contributed by atoms with Gasteiger partial charge in [0.15, 0.2) is 0 Å². The topological polar surface area (TPSA) is 79.1 Å². The van der Waals surface area contributed by atoms with E-state index in [-0.39, 0.29) is 6.10 Å². The van der Waals surface area contributed by atoms with E-state index in [1.165, 1.54) is 11.0 Å². The van der Waals surface area contributed by atoms with E-state index < -0.39 is 11.9 Å². The molecule has 9 nitrogen and oxygen atoms in total. The van der Waals surface area contributed by atoms with Gasteiger partial charge in [-0.2, -0.15) is 5.10 Å². The monoisotopic (exact) mass is 383 g/mol. The van der Waals surface area contributed by atoms with E-state index in [0.29, 0.717) is 44.1 Å². The molecular weight excluding hydrogens is 365 g/mol. The summed E-state index contributed by atoms with van der Waals surface area (Å²) < 4.78 is 21.6. The van der Waals surface area contributed by atoms with Crippen LogP contribution in [0.3, 0.4) is 0 Å². The lowest BCUT2D eigenvalue weighted by molar-refractivity contribution is 0.129. The van der Waals surface area contributed by atoms with Crippen molar-refractivity contribution in [2.75, 3.05) is 36.0 Å². The summed E-state index contributed by atoms with van der Waals surface area (Å²) in [6, 6.07) is 4.65. The minimum atomic E-state index is -0.512. The fourth-order valence-corrected chi connectivity index (χ4v) is 3.14. The van der Waals surface area contributed by atoms with Crippen LogP contribution in [-0.4, -0.2) is 64.7 Å². The second-order valence-electron chi connectivity index (χ2n) is 6.39. The van der Waals surface area contributed by atoms with Crippen molar-refractivity contribution in [2.45, 2.75) is 12.6 Å². The van der Waals surface area contributed by atoms with Gasteiger partial charge in [0, 0.05) is 12.7 Å². The lowest BCUT2D eigenvalue weighted by Crippen LogP contribution is -2.38. The Hall–Kier alpha value is -3.61. The smallest absolute Gasteiger partial charge is 0.414 e. The summed E-state index contributed by atoms with van der Waals surface area (Å²) in [5.74, 6) is 2.08.